The highest BCUT2D eigenvalue weighted by molar-refractivity contribution is 7.08. The molecule has 6 heterocycles. The van der Waals surface area contributed by atoms with Crippen molar-refractivity contribution in [2.75, 3.05) is 5.32 Å². The molecule has 9 nitrogen and oxygen atoms in total. The van der Waals surface area contributed by atoms with Crippen molar-refractivity contribution in [3.8, 4) is 33.9 Å². The van der Waals surface area contributed by atoms with Crippen LogP contribution in [0.2, 0.25) is 0 Å². The summed E-state index contributed by atoms with van der Waals surface area (Å²) in [5.41, 5.74) is 7.27. The fraction of sp³-hybridized carbons (Fsp3) is 0.154. The van der Waals surface area contributed by atoms with Gasteiger partial charge in [-0.25, -0.2) is 15.0 Å². The number of hydrogen-bond donors (Lipinski definition) is 3. The molecule has 178 valence electrons. The number of nitrogens with zero attached hydrogens (tertiary/aromatic N) is 5. The van der Waals surface area contributed by atoms with Gasteiger partial charge in [0, 0.05) is 28.9 Å². The molecule has 0 fully saturated rings. The maximum atomic E-state index is 12.4. The molecule has 3 N–H and O–H groups in total. The Morgan fingerprint density at radius 2 is 1.94 bits per heavy atom. The number of aromatic nitrogens is 7. The zero-order valence-corrected chi connectivity index (χ0v) is 20.6. The van der Waals surface area contributed by atoms with Crippen LogP contribution in [0.5, 0.6) is 0 Å². The Bertz CT molecular complexity index is 1730. The van der Waals surface area contributed by atoms with Crippen LogP contribution in [0, 0.1) is 5.41 Å². The lowest BCUT2D eigenvalue weighted by molar-refractivity contribution is -0.123. The molecule has 0 spiro atoms. The van der Waals surface area contributed by atoms with E-state index >= 15 is 0 Å². The lowest BCUT2D eigenvalue weighted by Gasteiger charge is -2.17. The van der Waals surface area contributed by atoms with Crippen molar-refractivity contribution in [1.82, 2.24) is 35.1 Å². The van der Waals surface area contributed by atoms with Crippen molar-refractivity contribution in [1.29, 1.82) is 0 Å². The first-order valence-electron chi connectivity index (χ1n) is 11.4. The Morgan fingerprint density at radius 3 is 2.75 bits per heavy atom. The third-order valence-electron chi connectivity index (χ3n) is 5.83. The number of imidazole rings is 1. The van der Waals surface area contributed by atoms with Crippen LogP contribution >= 0.6 is 11.3 Å². The first-order valence-corrected chi connectivity index (χ1v) is 12.3. The SMILES string of the molecule is CC(C)(C)C(=O)Nc1cncc(-c2ccc3[nH]nc(-c4nc5nccc(-c6ccsc6)c5[nH]4)c3n2)c1. The van der Waals surface area contributed by atoms with Gasteiger partial charge in [-0.1, -0.05) is 20.8 Å². The van der Waals surface area contributed by atoms with Gasteiger partial charge in [-0.3, -0.25) is 14.9 Å². The number of fused-ring (bicyclic) bond motifs is 2. The average Bonchev–Trinajstić information content (AvgIpc) is 3.62. The third kappa shape index (κ3) is 3.91. The standard InChI is InChI=1S/C26H22N8OS/c1-26(2,3)25(35)29-16-10-15(11-27-12-16)18-4-5-19-21(30-18)22(34-33-19)24-31-20-17(14-7-9-36-13-14)6-8-28-23(20)32-24/h4-13H,1-3H3,(H,29,35)(H,33,34)(H,28,31,32). The summed E-state index contributed by atoms with van der Waals surface area (Å²) < 4.78 is 0. The summed E-state index contributed by atoms with van der Waals surface area (Å²) in [7, 11) is 0. The second kappa shape index (κ2) is 8.35. The fourth-order valence-electron chi connectivity index (χ4n) is 3.87. The molecule has 0 radical (unpaired) electrons. The molecule has 6 aromatic rings. The predicted molar refractivity (Wildman–Crippen MR) is 141 cm³/mol. The van der Waals surface area contributed by atoms with Crippen LogP contribution in [0.4, 0.5) is 5.69 Å². The van der Waals surface area contributed by atoms with E-state index in [9.17, 15) is 4.79 Å². The Morgan fingerprint density at radius 1 is 1.06 bits per heavy atom. The number of carbonyl (C=O) groups is 1. The molecular formula is C26H22N8OS. The third-order valence-corrected chi connectivity index (χ3v) is 6.51. The van der Waals surface area contributed by atoms with Crippen LogP contribution in [0.3, 0.4) is 0 Å². The van der Waals surface area contributed by atoms with Crippen LogP contribution in [0.1, 0.15) is 20.8 Å². The maximum absolute atomic E-state index is 12.4. The molecular weight excluding hydrogens is 472 g/mol. The zero-order valence-electron chi connectivity index (χ0n) is 19.8. The quantitative estimate of drug-likeness (QED) is 0.290. The van der Waals surface area contributed by atoms with Gasteiger partial charge < -0.3 is 10.3 Å². The van der Waals surface area contributed by atoms with Crippen molar-refractivity contribution in [3.05, 3.63) is 59.7 Å². The summed E-state index contributed by atoms with van der Waals surface area (Å²) >= 11 is 1.64. The van der Waals surface area contributed by atoms with E-state index in [2.05, 4.69) is 41.9 Å². The molecule has 1 amide bonds. The van der Waals surface area contributed by atoms with Gasteiger partial charge in [0.25, 0.3) is 0 Å². The number of anilines is 1. The lowest BCUT2D eigenvalue weighted by Crippen LogP contribution is -2.27. The minimum atomic E-state index is -0.510. The number of H-pyrrole nitrogens is 2. The number of aromatic amines is 2. The number of nitrogens with one attached hydrogen (secondary N) is 3. The van der Waals surface area contributed by atoms with Gasteiger partial charge in [-0.2, -0.15) is 16.4 Å². The van der Waals surface area contributed by atoms with E-state index < -0.39 is 5.41 Å². The highest BCUT2D eigenvalue weighted by Crippen LogP contribution is 2.32. The molecule has 0 aliphatic heterocycles. The molecule has 0 saturated heterocycles. The van der Waals surface area contributed by atoms with Gasteiger partial charge in [0.1, 0.15) is 5.52 Å². The Balaban J connectivity index is 1.40. The molecule has 6 aromatic heterocycles. The summed E-state index contributed by atoms with van der Waals surface area (Å²) in [6.45, 7) is 5.60. The molecule has 0 saturated carbocycles. The summed E-state index contributed by atoms with van der Waals surface area (Å²) in [5, 5.41) is 14.6. The minimum absolute atomic E-state index is 0.0812. The first-order chi connectivity index (χ1) is 17.4. The number of amides is 1. The molecule has 0 unspecified atom stereocenters. The maximum Gasteiger partial charge on any atom is 0.229 e. The van der Waals surface area contributed by atoms with Crippen LogP contribution in [0.25, 0.3) is 56.1 Å². The number of hydrogen-bond acceptors (Lipinski definition) is 7. The van der Waals surface area contributed by atoms with Crippen molar-refractivity contribution >= 4 is 45.1 Å². The minimum Gasteiger partial charge on any atom is -0.335 e. The number of thiophene rings is 1. The van der Waals surface area contributed by atoms with Gasteiger partial charge in [0.15, 0.2) is 17.2 Å². The van der Waals surface area contributed by atoms with E-state index in [0.29, 0.717) is 34.1 Å². The van der Waals surface area contributed by atoms with Crippen LogP contribution in [-0.4, -0.2) is 41.0 Å². The fourth-order valence-corrected chi connectivity index (χ4v) is 4.53. The number of rotatable bonds is 4. The Hall–Kier alpha value is -4.44. The molecule has 0 aliphatic rings. The van der Waals surface area contributed by atoms with Gasteiger partial charge >= 0.3 is 0 Å². The van der Waals surface area contributed by atoms with E-state index in [0.717, 1.165) is 27.7 Å². The molecule has 6 rings (SSSR count). The summed E-state index contributed by atoms with van der Waals surface area (Å²) in [6, 6.07) is 9.73. The van der Waals surface area contributed by atoms with Gasteiger partial charge in [0.2, 0.25) is 5.91 Å². The molecule has 0 bridgehead atoms. The molecule has 0 aliphatic carbocycles. The predicted octanol–water partition coefficient (Wildman–Crippen LogP) is 5.67. The summed E-state index contributed by atoms with van der Waals surface area (Å²) in [5.74, 6) is 0.502. The summed E-state index contributed by atoms with van der Waals surface area (Å²) in [6.07, 6.45) is 5.11. The van der Waals surface area contributed by atoms with Gasteiger partial charge in [-0.05, 0) is 46.7 Å². The van der Waals surface area contributed by atoms with E-state index in [1.54, 1.807) is 29.9 Å². The Kier molecular flexibility index (Phi) is 5.11. The molecule has 10 heteroatoms. The van der Waals surface area contributed by atoms with E-state index in [1.165, 1.54) is 0 Å². The highest BCUT2D eigenvalue weighted by atomic mass is 32.1. The van der Waals surface area contributed by atoms with Gasteiger partial charge in [-0.15, -0.1) is 0 Å². The number of carbonyl (C=O) groups excluding carboxylic acids is 1. The highest BCUT2D eigenvalue weighted by Gasteiger charge is 2.22. The molecule has 0 atom stereocenters. The van der Waals surface area contributed by atoms with E-state index in [1.807, 2.05) is 50.4 Å². The zero-order chi connectivity index (χ0) is 24.9. The number of pyridine rings is 3. The topological polar surface area (TPSA) is 125 Å². The van der Waals surface area contributed by atoms with Crippen molar-refractivity contribution in [3.63, 3.8) is 0 Å². The van der Waals surface area contributed by atoms with Crippen LogP contribution < -0.4 is 5.32 Å². The monoisotopic (exact) mass is 494 g/mol. The van der Waals surface area contributed by atoms with E-state index in [4.69, 9.17) is 9.97 Å². The largest absolute Gasteiger partial charge is 0.335 e. The first kappa shape index (κ1) is 22.1. The normalized spacial score (nSPS) is 11.9. The van der Waals surface area contributed by atoms with Crippen molar-refractivity contribution in [2.24, 2.45) is 5.41 Å². The smallest absolute Gasteiger partial charge is 0.229 e. The van der Waals surface area contributed by atoms with Crippen LogP contribution in [-0.2, 0) is 4.79 Å². The lowest BCUT2D eigenvalue weighted by atomic mass is 9.95. The molecule has 0 aromatic carbocycles. The average molecular weight is 495 g/mol. The Labute approximate surface area is 210 Å². The molecule has 36 heavy (non-hydrogen) atoms. The second-order valence-corrected chi connectivity index (χ2v) is 10.3. The second-order valence-electron chi connectivity index (χ2n) is 9.49. The summed E-state index contributed by atoms with van der Waals surface area (Å²) in [4.78, 5) is 34.1. The van der Waals surface area contributed by atoms with Crippen molar-refractivity contribution < 1.29 is 4.79 Å². The van der Waals surface area contributed by atoms with Gasteiger partial charge in [0.05, 0.1) is 28.6 Å². The van der Waals surface area contributed by atoms with Crippen molar-refractivity contribution in [2.45, 2.75) is 20.8 Å². The van der Waals surface area contributed by atoms with E-state index in [-0.39, 0.29) is 5.91 Å². The van der Waals surface area contributed by atoms with Crippen LogP contribution in [0.15, 0.2) is 59.7 Å².